The molecule has 0 radical (unpaired) electrons. The Balaban J connectivity index is 1.73. The van der Waals surface area contributed by atoms with Crippen molar-refractivity contribution in [2.24, 2.45) is 4.99 Å². The molecule has 2 aliphatic heterocycles. The maximum Gasteiger partial charge on any atom is 0.214 e. The number of benzene rings is 1. The van der Waals surface area contributed by atoms with Gasteiger partial charge in [-0.05, 0) is 26.3 Å². The Bertz CT molecular complexity index is 670. The van der Waals surface area contributed by atoms with Gasteiger partial charge < -0.3 is 14.5 Å². The third-order valence-electron chi connectivity index (χ3n) is 4.63. The molecule has 0 N–H and O–H groups in total. The molecule has 2 aliphatic rings. The molecule has 3 rings (SSSR count). The van der Waals surface area contributed by atoms with Gasteiger partial charge in [0.25, 0.3) is 0 Å². The molecule has 0 aromatic heterocycles. The Morgan fingerprint density at radius 3 is 2.87 bits per heavy atom. The topological polar surface area (TPSA) is 28.1 Å². The average molecular weight is 321 g/mol. The minimum Gasteiger partial charge on any atom is -0.473 e. The van der Waals surface area contributed by atoms with E-state index >= 15 is 0 Å². The molecule has 1 saturated heterocycles. The highest BCUT2D eigenvalue weighted by Gasteiger charge is 2.34. The van der Waals surface area contributed by atoms with Crippen molar-refractivity contribution in [3.05, 3.63) is 47.3 Å². The normalized spacial score (nSPS) is 19.9. The first-order valence-electron chi connectivity index (χ1n) is 7.69. The molecule has 1 aromatic rings. The maximum atomic E-state index is 13.7. The van der Waals surface area contributed by atoms with E-state index in [1.165, 1.54) is 12.1 Å². The fraction of sp³-hybridized carbons (Fsp3) is 0.471. The smallest absolute Gasteiger partial charge is 0.214 e. The maximum absolute atomic E-state index is 13.7. The zero-order valence-corrected chi connectivity index (χ0v) is 13.6. The molecule has 4 nitrogen and oxygen atoms in total. The van der Waals surface area contributed by atoms with Crippen LogP contribution in [0.1, 0.15) is 25.8 Å². The van der Waals surface area contributed by atoms with Crippen LogP contribution in [-0.4, -0.2) is 41.5 Å². The van der Waals surface area contributed by atoms with Crippen LogP contribution in [0.2, 0.25) is 0 Å². The van der Waals surface area contributed by atoms with E-state index < -0.39 is 11.6 Å². The van der Waals surface area contributed by atoms with E-state index in [0.29, 0.717) is 12.6 Å². The van der Waals surface area contributed by atoms with Crippen molar-refractivity contribution in [2.75, 3.05) is 20.3 Å². The third-order valence-corrected chi connectivity index (χ3v) is 4.63. The predicted molar refractivity (Wildman–Crippen MR) is 84.7 cm³/mol. The first kappa shape index (κ1) is 15.8. The van der Waals surface area contributed by atoms with Crippen LogP contribution < -0.4 is 0 Å². The van der Waals surface area contributed by atoms with E-state index in [2.05, 4.69) is 28.6 Å². The molecule has 0 saturated carbocycles. The van der Waals surface area contributed by atoms with Crippen LogP contribution in [0.4, 0.5) is 8.78 Å². The van der Waals surface area contributed by atoms with Gasteiger partial charge in [-0.15, -0.1) is 0 Å². The second kappa shape index (κ2) is 5.83. The van der Waals surface area contributed by atoms with Gasteiger partial charge in [-0.3, -0.25) is 0 Å². The SMILES string of the molecule is CN1C2=CC(OCc3cccc(F)c3F)=NCN2CCC1(C)C. The number of fused-ring (bicyclic) bond motifs is 1. The minimum atomic E-state index is -0.867. The summed E-state index contributed by atoms with van der Waals surface area (Å²) in [5, 5.41) is 0. The number of halogens is 2. The van der Waals surface area contributed by atoms with E-state index in [1.807, 2.05) is 13.1 Å². The van der Waals surface area contributed by atoms with Gasteiger partial charge in [-0.2, -0.15) is 0 Å². The fourth-order valence-corrected chi connectivity index (χ4v) is 2.75. The first-order chi connectivity index (χ1) is 10.9. The minimum absolute atomic E-state index is 0.0423. The van der Waals surface area contributed by atoms with Crippen LogP contribution in [0, 0.1) is 11.6 Å². The summed E-state index contributed by atoms with van der Waals surface area (Å²) >= 11 is 0. The lowest BCUT2D eigenvalue weighted by molar-refractivity contribution is 0.0698. The Kier molecular flexibility index (Phi) is 4.00. The van der Waals surface area contributed by atoms with Crippen molar-refractivity contribution in [3.63, 3.8) is 0 Å². The van der Waals surface area contributed by atoms with Crippen LogP contribution in [0.15, 0.2) is 35.1 Å². The van der Waals surface area contributed by atoms with E-state index in [-0.39, 0.29) is 17.7 Å². The van der Waals surface area contributed by atoms with Gasteiger partial charge in [0.2, 0.25) is 5.90 Å². The highest BCUT2D eigenvalue weighted by Crippen LogP contribution is 2.31. The highest BCUT2D eigenvalue weighted by molar-refractivity contribution is 5.88. The second-order valence-corrected chi connectivity index (χ2v) is 6.53. The van der Waals surface area contributed by atoms with E-state index in [0.717, 1.165) is 24.9 Å². The summed E-state index contributed by atoms with van der Waals surface area (Å²) < 4.78 is 32.5. The summed E-state index contributed by atoms with van der Waals surface area (Å²) in [6.45, 7) is 5.81. The summed E-state index contributed by atoms with van der Waals surface area (Å²) in [5.41, 5.74) is 0.255. The molecule has 0 aliphatic carbocycles. The Labute approximate surface area is 135 Å². The van der Waals surface area contributed by atoms with Gasteiger partial charge in [0.1, 0.15) is 19.1 Å². The summed E-state index contributed by atoms with van der Waals surface area (Å²) in [7, 11) is 2.05. The van der Waals surface area contributed by atoms with Crippen LogP contribution in [0.5, 0.6) is 0 Å². The number of rotatable bonds is 2. The lowest BCUT2D eigenvalue weighted by Crippen LogP contribution is -2.53. The largest absolute Gasteiger partial charge is 0.473 e. The van der Waals surface area contributed by atoms with Crippen LogP contribution in [-0.2, 0) is 11.3 Å². The summed E-state index contributed by atoms with van der Waals surface area (Å²) in [4.78, 5) is 8.75. The molecule has 0 amide bonds. The molecule has 0 bridgehead atoms. The zero-order chi connectivity index (χ0) is 16.6. The molecule has 0 unspecified atom stereocenters. The predicted octanol–water partition coefficient (Wildman–Crippen LogP) is 3.11. The molecule has 124 valence electrons. The Morgan fingerprint density at radius 1 is 1.30 bits per heavy atom. The highest BCUT2D eigenvalue weighted by atomic mass is 19.2. The molecule has 2 heterocycles. The molecule has 23 heavy (non-hydrogen) atoms. The standard InChI is InChI=1S/C17H21F2N3O/c1-17(2)7-8-22-11-20-14(9-15(22)21(17)3)23-10-12-5-4-6-13(18)16(12)19/h4-6,9H,7-8,10-11H2,1-3H3. The zero-order valence-electron chi connectivity index (χ0n) is 13.6. The van der Waals surface area contributed by atoms with Gasteiger partial charge in [0.05, 0.1) is 0 Å². The van der Waals surface area contributed by atoms with Crippen molar-refractivity contribution in [2.45, 2.75) is 32.4 Å². The molecule has 0 spiro atoms. The third kappa shape index (κ3) is 3.02. The van der Waals surface area contributed by atoms with Gasteiger partial charge in [-0.1, -0.05) is 12.1 Å². The lowest BCUT2D eigenvalue weighted by atomic mass is 9.95. The summed E-state index contributed by atoms with van der Waals surface area (Å²) in [6, 6.07) is 4.07. The molecule has 0 atom stereocenters. The summed E-state index contributed by atoms with van der Waals surface area (Å²) in [5.74, 6) is -0.237. The Hall–Kier alpha value is -2.11. The molecular weight excluding hydrogens is 300 g/mol. The lowest BCUT2D eigenvalue weighted by Gasteiger charge is -2.49. The van der Waals surface area contributed by atoms with Crippen molar-refractivity contribution in [1.29, 1.82) is 0 Å². The number of hydrogen-bond donors (Lipinski definition) is 0. The van der Waals surface area contributed by atoms with E-state index in [9.17, 15) is 8.78 Å². The number of aliphatic imine (C=N–C) groups is 1. The first-order valence-corrected chi connectivity index (χ1v) is 7.69. The molecular formula is C17H21F2N3O. The van der Waals surface area contributed by atoms with Gasteiger partial charge in [0.15, 0.2) is 11.6 Å². The average Bonchev–Trinajstić information content (AvgIpc) is 2.53. The fourth-order valence-electron chi connectivity index (χ4n) is 2.75. The summed E-state index contributed by atoms with van der Waals surface area (Å²) in [6.07, 6.45) is 2.92. The monoisotopic (exact) mass is 321 g/mol. The van der Waals surface area contributed by atoms with Crippen molar-refractivity contribution in [1.82, 2.24) is 9.80 Å². The van der Waals surface area contributed by atoms with Crippen molar-refractivity contribution in [3.8, 4) is 0 Å². The second-order valence-electron chi connectivity index (χ2n) is 6.53. The Morgan fingerprint density at radius 2 is 2.09 bits per heavy atom. The molecule has 1 aromatic carbocycles. The van der Waals surface area contributed by atoms with Crippen LogP contribution >= 0.6 is 0 Å². The van der Waals surface area contributed by atoms with Crippen LogP contribution in [0.3, 0.4) is 0 Å². The van der Waals surface area contributed by atoms with Gasteiger partial charge in [-0.25, -0.2) is 13.8 Å². The van der Waals surface area contributed by atoms with E-state index in [1.54, 1.807) is 0 Å². The van der Waals surface area contributed by atoms with Crippen LogP contribution in [0.25, 0.3) is 0 Å². The number of hydrogen-bond acceptors (Lipinski definition) is 4. The molecule has 6 heteroatoms. The number of ether oxygens (including phenoxy) is 1. The van der Waals surface area contributed by atoms with Crippen molar-refractivity contribution < 1.29 is 13.5 Å². The molecule has 1 fully saturated rings. The van der Waals surface area contributed by atoms with Gasteiger partial charge in [0, 0.05) is 30.8 Å². The number of nitrogens with zero attached hydrogens (tertiary/aromatic N) is 3. The van der Waals surface area contributed by atoms with E-state index in [4.69, 9.17) is 4.74 Å². The van der Waals surface area contributed by atoms with Gasteiger partial charge >= 0.3 is 0 Å². The quantitative estimate of drug-likeness (QED) is 0.838. The van der Waals surface area contributed by atoms with Crippen molar-refractivity contribution >= 4 is 5.90 Å².